The van der Waals surface area contributed by atoms with Crippen LogP contribution in [0.2, 0.25) is 0 Å². The fourth-order valence-electron chi connectivity index (χ4n) is 5.35. The van der Waals surface area contributed by atoms with Crippen LogP contribution in [0.5, 0.6) is 5.75 Å². The molecule has 2 bridgehead atoms. The zero-order valence-corrected chi connectivity index (χ0v) is 17.9. The Labute approximate surface area is 170 Å². The number of piperidine rings is 1. The molecule has 156 valence electrons. The van der Waals surface area contributed by atoms with Crippen LogP contribution in [-0.4, -0.2) is 85.9 Å². The predicted octanol–water partition coefficient (Wildman–Crippen LogP) is 2.70. The monoisotopic (exact) mass is 387 g/mol. The molecule has 28 heavy (non-hydrogen) atoms. The maximum atomic E-state index is 5.57. The molecule has 0 saturated carbocycles. The van der Waals surface area contributed by atoms with E-state index in [2.05, 4.69) is 52.8 Å². The Morgan fingerprint density at radius 1 is 1.04 bits per heavy atom. The Bertz CT molecular complexity index is 627. The van der Waals surface area contributed by atoms with Crippen molar-refractivity contribution in [3.05, 3.63) is 29.8 Å². The van der Waals surface area contributed by atoms with Crippen molar-refractivity contribution in [3.63, 3.8) is 0 Å². The van der Waals surface area contributed by atoms with Crippen molar-refractivity contribution in [2.75, 3.05) is 59.6 Å². The van der Waals surface area contributed by atoms with Gasteiger partial charge in [-0.15, -0.1) is 0 Å². The average molecular weight is 388 g/mol. The molecule has 5 heteroatoms. The zero-order chi connectivity index (χ0) is 19.6. The van der Waals surface area contributed by atoms with Crippen molar-refractivity contribution >= 4 is 0 Å². The Hall–Kier alpha value is -1.14. The molecule has 0 unspecified atom stereocenters. The van der Waals surface area contributed by atoms with Gasteiger partial charge in [0.15, 0.2) is 0 Å². The first-order valence-corrected chi connectivity index (χ1v) is 11.0. The normalized spacial score (nSPS) is 27.7. The van der Waals surface area contributed by atoms with E-state index >= 15 is 0 Å². The van der Waals surface area contributed by atoms with E-state index in [1.165, 1.54) is 44.6 Å². The molecule has 4 aliphatic rings. The molecule has 4 aliphatic heterocycles. The number of hydrogen-bond donors (Lipinski definition) is 0. The van der Waals surface area contributed by atoms with Crippen molar-refractivity contribution in [2.45, 2.75) is 44.8 Å². The fraction of sp³-hybridized carbons (Fsp3) is 0.739. The van der Waals surface area contributed by atoms with E-state index in [-0.39, 0.29) is 5.54 Å². The minimum Gasteiger partial charge on any atom is -0.497 e. The van der Waals surface area contributed by atoms with Crippen LogP contribution in [0.25, 0.3) is 0 Å². The SMILES string of the molecule is COc1ccc(CN2C[C@@H]3CC[C@H](C2)N(CC(C)(C)N2CCOCC2)C3)cc1. The molecule has 0 N–H and O–H groups in total. The van der Waals surface area contributed by atoms with Gasteiger partial charge in [0.2, 0.25) is 0 Å². The van der Waals surface area contributed by atoms with Crippen molar-refractivity contribution < 1.29 is 9.47 Å². The molecule has 0 amide bonds. The Kier molecular flexibility index (Phi) is 6.26. The van der Waals surface area contributed by atoms with E-state index in [9.17, 15) is 0 Å². The van der Waals surface area contributed by atoms with Gasteiger partial charge >= 0.3 is 0 Å². The van der Waals surface area contributed by atoms with E-state index in [1.807, 2.05) is 0 Å². The summed E-state index contributed by atoms with van der Waals surface area (Å²) < 4.78 is 10.9. The van der Waals surface area contributed by atoms with Crippen LogP contribution in [0.15, 0.2) is 24.3 Å². The predicted molar refractivity (Wildman–Crippen MR) is 113 cm³/mol. The van der Waals surface area contributed by atoms with Crippen LogP contribution in [0.1, 0.15) is 32.3 Å². The summed E-state index contributed by atoms with van der Waals surface area (Å²) in [6.45, 7) is 14.7. The lowest BCUT2D eigenvalue weighted by Gasteiger charge is -2.46. The molecular weight excluding hydrogens is 350 g/mol. The minimum atomic E-state index is 0.217. The molecule has 2 atom stereocenters. The van der Waals surface area contributed by atoms with Crippen LogP contribution in [-0.2, 0) is 11.3 Å². The second kappa shape index (κ2) is 8.70. The van der Waals surface area contributed by atoms with Gasteiger partial charge in [0.25, 0.3) is 0 Å². The zero-order valence-electron chi connectivity index (χ0n) is 17.9. The molecule has 5 nitrogen and oxygen atoms in total. The topological polar surface area (TPSA) is 28.2 Å². The Morgan fingerprint density at radius 3 is 2.50 bits per heavy atom. The number of morpholine rings is 1. The number of rotatable bonds is 6. The quantitative estimate of drug-likeness (QED) is 0.748. The number of nitrogens with zero attached hydrogens (tertiary/aromatic N) is 3. The van der Waals surface area contributed by atoms with Gasteiger partial charge in [0.05, 0.1) is 20.3 Å². The lowest BCUT2D eigenvalue weighted by atomic mass is 9.92. The lowest BCUT2D eigenvalue weighted by Crippen LogP contribution is -2.58. The Morgan fingerprint density at radius 2 is 1.79 bits per heavy atom. The lowest BCUT2D eigenvalue weighted by molar-refractivity contribution is -0.0310. The van der Waals surface area contributed by atoms with Gasteiger partial charge < -0.3 is 9.47 Å². The summed E-state index contributed by atoms with van der Waals surface area (Å²) in [5, 5.41) is 0. The number of ether oxygens (including phenoxy) is 2. The largest absolute Gasteiger partial charge is 0.497 e. The van der Waals surface area contributed by atoms with Gasteiger partial charge in [0, 0.05) is 57.4 Å². The second-order valence-electron chi connectivity index (χ2n) is 9.48. The highest BCUT2D eigenvalue weighted by Gasteiger charge is 2.38. The van der Waals surface area contributed by atoms with E-state index < -0.39 is 0 Å². The van der Waals surface area contributed by atoms with Crippen LogP contribution in [0.3, 0.4) is 0 Å². The average Bonchev–Trinajstić information content (AvgIpc) is 2.99. The summed E-state index contributed by atoms with van der Waals surface area (Å²) in [5.74, 6) is 1.74. The van der Waals surface area contributed by atoms with Crippen LogP contribution < -0.4 is 4.74 Å². The third-order valence-electron chi connectivity index (χ3n) is 6.92. The first kappa shape index (κ1) is 20.1. The highest BCUT2D eigenvalue weighted by Crippen LogP contribution is 2.31. The molecule has 0 aliphatic carbocycles. The number of fused-ring (bicyclic) bond motifs is 4. The summed E-state index contributed by atoms with van der Waals surface area (Å²) >= 11 is 0. The summed E-state index contributed by atoms with van der Waals surface area (Å²) in [4.78, 5) is 8.12. The summed E-state index contributed by atoms with van der Waals surface area (Å²) in [7, 11) is 1.73. The van der Waals surface area contributed by atoms with Crippen LogP contribution in [0.4, 0.5) is 0 Å². The van der Waals surface area contributed by atoms with Gasteiger partial charge in [-0.2, -0.15) is 0 Å². The molecular formula is C23H37N3O2. The smallest absolute Gasteiger partial charge is 0.118 e. The molecule has 1 aromatic rings. The van der Waals surface area contributed by atoms with Crippen LogP contribution in [0, 0.1) is 5.92 Å². The number of methoxy groups -OCH3 is 1. The van der Waals surface area contributed by atoms with Crippen LogP contribution >= 0.6 is 0 Å². The third-order valence-corrected chi connectivity index (χ3v) is 6.92. The van der Waals surface area contributed by atoms with Gasteiger partial charge in [-0.05, 0) is 50.3 Å². The minimum absolute atomic E-state index is 0.217. The first-order chi connectivity index (χ1) is 13.5. The molecule has 4 heterocycles. The van der Waals surface area contributed by atoms with Crippen molar-refractivity contribution in [3.8, 4) is 5.75 Å². The summed E-state index contributed by atoms with van der Waals surface area (Å²) in [5.41, 5.74) is 1.61. The van der Waals surface area contributed by atoms with Gasteiger partial charge in [0.1, 0.15) is 5.75 Å². The molecule has 0 spiro atoms. The van der Waals surface area contributed by atoms with Gasteiger partial charge in [-0.3, -0.25) is 14.7 Å². The Balaban J connectivity index is 1.38. The highest BCUT2D eigenvalue weighted by atomic mass is 16.5. The highest BCUT2D eigenvalue weighted by molar-refractivity contribution is 5.27. The van der Waals surface area contributed by atoms with E-state index in [4.69, 9.17) is 9.47 Å². The molecule has 1 aromatic carbocycles. The fourth-order valence-corrected chi connectivity index (χ4v) is 5.35. The third kappa shape index (κ3) is 4.70. The standard InChI is InChI=1S/C23H37N3O2/c1-23(2,26-10-12-28-13-11-26)18-25-16-20-4-7-21(25)17-24(15-20)14-19-5-8-22(27-3)9-6-19/h5-6,8-9,20-21H,4,7,10-18H2,1-3H3/t20-,21+/m0/s1. The second-order valence-corrected chi connectivity index (χ2v) is 9.48. The van der Waals surface area contributed by atoms with Crippen molar-refractivity contribution in [1.82, 2.24) is 14.7 Å². The number of benzene rings is 1. The van der Waals surface area contributed by atoms with Crippen molar-refractivity contribution in [2.24, 2.45) is 5.92 Å². The van der Waals surface area contributed by atoms with E-state index in [0.717, 1.165) is 44.5 Å². The maximum Gasteiger partial charge on any atom is 0.118 e. The van der Waals surface area contributed by atoms with E-state index in [1.54, 1.807) is 7.11 Å². The first-order valence-electron chi connectivity index (χ1n) is 11.0. The maximum absolute atomic E-state index is 5.57. The summed E-state index contributed by atoms with van der Waals surface area (Å²) in [6.07, 6.45) is 2.74. The van der Waals surface area contributed by atoms with Gasteiger partial charge in [-0.1, -0.05) is 12.1 Å². The molecule has 4 saturated heterocycles. The number of hydrogen-bond acceptors (Lipinski definition) is 5. The van der Waals surface area contributed by atoms with Gasteiger partial charge in [-0.25, -0.2) is 0 Å². The molecule has 0 radical (unpaired) electrons. The molecule has 4 fully saturated rings. The van der Waals surface area contributed by atoms with Crippen molar-refractivity contribution in [1.29, 1.82) is 0 Å². The molecule has 0 aromatic heterocycles. The molecule has 5 rings (SSSR count). The van der Waals surface area contributed by atoms with E-state index in [0.29, 0.717) is 6.04 Å². The summed E-state index contributed by atoms with van der Waals surface area (Å²) in [6, 6.07) is 9.28.